The van der Waals surface area contributed by atoms with E-state index in [2.05, 4.69) is 17.0 Å². The maximum absolute atomic E-state index is 13.9. The molecule has 5 heteroatoms. The van der Waals surface area contributed by atoms with E-state index in [1.807, 2.05) is 91.9 Å². The Hall–Kier alpha value is -3.27. The highest BCUT2D eigenvalue weighted by atomic mass is 35.5. The van der Waals surface area contributed by atoms with Gasteiger partial charge >= 0.3 is 0 Å². The molecule has 5 rings (SSSR count). The lowest BCUT2D eigenvalue weighted by Gasteiger charge is -2.46. The van der Waals surface area contributed by atoms with Crippen molar-refractivity contribution in [1.82, 2.24) is 0 Å². The first-order valence-electron chi connectivity index (χ1n) is 10.8. The topological polar surface area (TPSA) is 23.6 Å². The summed E-state index contributed by atoms with van der Waals surface area (Å²) in [7, 11) is 0. The quantitative estimate of drug-likeness (QED) is 0.304. The van der Waals surface area contributed by atoms with Crippen LogP contribution in [0.25, 0.3) is 0 Å². The van der Waals surface area contributed by atoms with Gasteiger partial charge in [-0.2, -0.15) is 0 Å². The van der Waals surface area contributed by atoms with Crippen LogP contribution in [0, 0.1) is 6.92 Å². The smallest absolute Gasteiger partial charge is 0.262 e. The molecule has 4 aromatic rings. The van der Waals surface area contributed by atoms with Crippen molar-refractivity contribution in [3.05, 3.63) is 129 Å². The summed E-state index contributed by atoms with van der Waals surface area (Å²) in [6, 6.07) is 31.3. The van der Waals surface area contributed by atoms with E-state index in [9.17, 15) is 4.79 Å². The summed E-state index contributed by atoms with van der Waals surface area (Å²) in [6.45, 7) is 2.61. The maximum Gasteiger partial charge on any atom is 0.262 e. The number of fused-ring (bicyclic) bond motifs is 1. The average molecular weight is 473 g/mol. The number of carbonyl (C=O) groups excluding carboxylic acids is 1. The van der Waals surface area contributed by atoms with Crippen molar-refractivity contribution in [2.75, 3.05) is 9.80 Å². The number of anilines is 2. The number of nitrogens with zero attached hydrogens (tertiary/aromatic N) is 2. The first-order chi connectivity index (χ1) is 16.0. The lowest BCUT2D eigenvalue weighted by Crippen LogP contribution is -2.49. The molecule has 0 radical (unpaired) electrons. The Morgan fingerprint density at radius 2 is 1.39 bits per heavy atom. The molecule has 1 aliphatic rings. The number of hydrogen-bond acceptors (Lipinski definition) is 2. The van der Waals surface area contributed by atoms with E-state index in [1.165, 1.54) is 0 Å². The van der Waals surface area contributed by atoms with Crippen LogP contribution < -0.4 is 9.80 Å². The standard InChI is InChI=1S/C28H22Cl2N2O/c1-19-14-16-21(17-15-19)32-27(26-23(29)11-7-12-24(26)30)31(18-20-8-3-2-4-9-20)25-13-6-5-10-22(25)28(32)33/h2-17,27H,18H2,1H3/t27-/m0/s1. The summed E-state index contributed by atoms with van der Waals surface area (Å²) >= 11 is 13.5. The number of carbonyl (C=O) groups is 1. The highest BCUT2D eigenvalue weighted by molar-refractivity contribution is 6.36. The van der Waals surface area contributed by atoms with Gasteiger partial charge in [0.25, 0.3) is 5.91 Å². The van der Waals surface area contributed by atoms with Crippen molar-refractivity contribution in [2.24, 2.45) is 0 Å². The summed E-state index contributed by atoms with van der Waals surface area (Å²) in [6.07, 6.45) is -0.517. The largest absolute Gasteiger partial charge is 0.342 e. The number of hydrogen-bond donors (Lipinski definition) is 0. The molecule has 0 unspecified atom stereocenters. The van der Waals surface area contributed by atoms with E-state index < -0.39 is 6.17 Å². The number of rotatable bonds is 4. The molecule has 0 aromatic heterocycles. The summed E-state index contributed by atoms with van der Waals surface area (Å²) < 4.78 is 0. The predicted molar refractivity (Wildman–Crippen MR) is 136 cm³/mol. The molecular formula is C28H22Cl2N2O. The monoisotopic (exact) mass is 472 g/mol. The first kappa shape index (κ1) is 21.6. The minimum absolute atomic E-state index is 0.0836. The van der Waals surface area contributed by atoms with Crippen LogP contribution in [0.5, 0.6) is 0 Å². The molecule has 0 bridgehead atoms. The van der Waals surface area contributed by atoms with E-state index in [1.54, 1.807) is 4.90 Å². The Balaban J connectivity index is 1.77. The zero-order valence-electron chi connectivity index (χ0n) is 18.1. The van der Waals surface area contributed by atoms with Gasteiger partial charge in [-0.05, 0) is 48.9 Å². The van der Waals surface area contributed by atoms with Gasteiger partial charge in [0.2, 0.25) is 0 Å². The molecule has 0 aliphatic carbocycles. The Morgan fingerprint density at radius 3 is 2.09 bits per heavy atom. The van der Waals surface area contributed by atoms with E-state index in [4.69, 9.17) is 23.2 Å². The van der Waals surface area contributed by atoms with Gasteiger partial charge in [0, 0.05) is 27.8 Å². The van der Waals surface area contributed by atoms with Gasteiger partial charge in [0.1, 0.15) is 6.17 Å². The molecule has 1 heterocycles. The van der Waals surface area contributed by atoms with Gasteiger partial charge in [-0.1, -0.05) is 89.4 Å². The van der Waals surface area contributed by atoms with Gasteiger partial charge < -0.3 is 4.90 Å². The van der Waals surface area contributed by atoms with E-state index in [-0.39, 0.29) is 5.91 Å². The fraction of sp³-hybridized carbons (Fsp3) is 0.107. The van der Waals surface area contributed by atoms with Gasteiger partial charge in [-0.3, -0.25) is 9.69 Å². The minimum Gasteiger partial charge on any atom is -0.342 e. The second-order valence-electron chi connectivity index (χ2n) is 8.15. The second-order valence-corrected chi connectivity index (χ2v) is 8.96. The van der Waals surface area contributed by atoms with Crippen LogP contribution >= 0.6 is 23.2 Å². The summed E-state index contributed by atoms with van der Waals surface area (Å²) in [4.78, 5) is 17.9. The molecule has 1 atom stereocenters. The van der Waals surface area contributed by atoms with Crippen molar-refractivity contribution in [2.45, 2.75) is 19.6 Å². The highest BCUT2D eigenvalue weighted by Gasteiger charge is 2.41. The number of para-hydroxylation sites is 1. The maximum atomic E-state index is 13.9. The molecular weight excluding hydrogens is 451 g/mol. The molecule has 0 saturated carbocycles. The molecule has 0 N–H and O–H groups in total. The Kier molecular flexibility index (Phi) is 5.84. The van der Waals surface area contributed by atoms with Gasteiger partial charge in [0.15, 0.2) is 0 Å². The van der Waals surface area contributed by atoms with Crippen molar-refractivity contribution in [3.63, 3.8) is 0 Å². The molecule has 0 fully saturated rings. The SMILES string of the molecule is Cc1ccc(N2C(=O)c3ccccc3N(Cc3ccccc3)[C@@H]2c2c(Cl)cccc2Cl)cc1. The number of amides is 1. The van der Waals surface area contributed by atoms with Crippen LogP contribution in [0.1, 0.15) is 33.2 Å². The normalized spacial score (nSPS) is 15.5. The van der Waals surface area contributed by atoms with Crippen LogP contribution in [0.3, 0.4) is 0 Å². The predicted octanol–water partition coefficient (Wildman–Crippen LogP) is 7.67. The zero-order chi connectivity index (χ0) is 22.9. The van der Waals surface area contributed by atoms with Crippen molar-refractivity contribution in [3.8, 4) is 0 Å². The molecule has 4 aromatic carbocycles. The van der Waals surface area contributed by atoms with Crippen LogP contribution in [0.4, 0.5) is 11.4 Å². The lowest BCUT2D eigenvalue weighted by atomic mass is 9.98. The highest BCUT2D eigenvalue weighted by Crippen LogP contribution is 2.46. The summed E-state index contributed by atoms with van der Waals surface area (Å²) in [5.74, 6) is -0.0836. The third-order valence-electron chi connectivity index (χ3n) is 5.97. The Morgan fingerprint density at radius 1 is 0.758 bits per heavy atom. The number of benzene rings is 4. The Labute approximate surface area is 203 Å². The molecule has 0 spiro atoms. The number of aryl methyl sites for hydroxylation is 1. The van der Waals surface area contributed by atoms with Crippen molar-refractivity contribution >= 4 is 40.5 Å². The fourth-order valence-corrected chi connectivity index (χ4v) is 4.97. The Bertz CT molecular complexity index is 1290. The van der Waals surface area contributed by atoms with E-state index in [0.29, 0.717) is 27.7 Å². The molecule has 1 amide bonds. The van der Waals surface area contributed by atoms with E-state index in [0.717, 1.165) is 22.5 Å². The molecule has 3 nitrogen and oxygen atoms in total. The first-order valence-corrected chi connectivity index (χ1v) is 11.5. The molecule has 0 saturated heterocycles. The summed E-state index contributed by atoms with van der Waals surface area (Å²) in [5, 5.41) is 1.05. The lowest BCUT2D eigenvalue weighted by molar-refractivity contribution is 0.0968. The third kappa shape index (κ3) is 3.99. The molecule has 164 valence electrons. The van der Waals surface area contributed by atoms with Gasteiger partial charge in [0.05, 0.1) is 11.3 Å². The van der Waals surface area contributed by atoms with Crippen molar-refractivity contribution in [1.29, 1.82) is 0 Å². The van der Waals surface area contributed by atoms with Gasteiger partial charge in [-0.25, -0.2) is 0 Å². The minimum atomic E-state index is -0.517. The van der Waals surface area contributed by atoms with Crippen molar-refractivity contribution < 1.29 is 4.79 Å². The third-order valence-corrected chi connectivity index (χ3v) is 6.63. The average Bonchev–Trinajstić information content (AvgIpc) is 2.83. The fourth-order valence-electron chi connectivity index (χ4n) is 4.37. The van der Waals surface area contributed by atoms with Crippen LogP contribution in [-0.2, 0) is 6.54 Å². The van der Waals surface area contributed by atoms with Crippen LogP contribution in [0.2, 0.25) is 10.0 Å². The zero-order valence-corrected chi connectivity index (χ0v) is 19.6. The van der Waals surface area contributed by atoms with E-state index >= 15 is 0 Å². The molecule has 33 heavy (non-hydrogen) atoms. The van der Waals surface area contributed by atoms with Gasteiger partial charge in [-0.15, -0.1) is 0 Å². The summed E-state index contributed by atoms with van der Waals surface area (Å²) in [5.41, 5.74) is 5.25. The van der Waals surface area contributed by atoms with Crippen LogP contribution in [-0.4, -0.2) is 5.91 Å². The molecule has 1 aliphatic heterocycles. The second kappa shape index (κ2) is 8.93. The van der Waals surface area contributed by atoms with Crippen LogP contribution in [0.15, 0.2) is 97.1 Å². The number of halogens is 2.